The van der Waals surface area contributed by atoms with Crippen molar-refractivity contribution < 1.29 is 9.59 Å². The van der Waals surface area contributed by atoms with Crippen LogP contribution >= 0.6 is 0 Å². The molecule has 2 amide bonds. The fourth-order valence-electron chi connectivity index (χ4n) is 2.29. The fraction of sp³-hybridized carbons (Fsp3) is 0.353. The van der Waals surface area contributed by atoms with Crippen LogP contribution in [0.1, 0.15) is 22.5 Å². The third kappa shape index (κ3) is 4.42. The summed E-state index contributed by atoms with van der Waals surface area (Å²) in [6.45, 7) is 7.75. The minimum absolute atomic E-state index is 0.0640. The molecule has 0 aliphatic heterocycles. The minimum Gasteiger partial charge on any atom is -0.345 e. The van der Waals surface area contributed by atoms with Crippen molar-refractivity contribution in [1.29, 1.82) is 0 Å². The average Bonchev–Trinajstić information content (AvgIpc) is 2.79. The largest absolute Gasteiger partial charge is 0.345 e. The van der Waals surface area contributed by atoms with Gasteiger partial charge in [0.15, 0.2) is 0 Å². The topological polar surface area (TPSA) is 76.0 Å². The first kappa shape index (κ1) is 16.7. The van der Waals surface area contributed by atoms with Gasteiger partial charge in [-0.05, 0) is 51.0 Å². The van der Waals surface area contributed by atoms with Crippen molar-refractivity contribution in [3.63, 3.8) is 0 Å². The molecule has 23 heavy (non-hydrogen) atoms. The molecule has 0 spiro atoms. The van der Waals surface area contributed by atoms with Gasteiger partial charge in [0.1, 0.15) is 6.54 Å². The summed E-state index contributed by atoms with van der Waals surface area (Å²) in [7, 11) is 0. The van der Waals surface area contributed by atoms with Crippen LogP contribution in [0.25, 0.3) is 0 Å². The van der Waals surface area contributed by atoms with E-state index in [1.54, 1.807) is 4.68 Å². The summed E-state index contributed by atoms with van der Waals surface area (Å²) >= 11 is 0. The second kappa shape index (κ2) is 7.09. The molecule has 0 radical (unpaired) electrons. The second-order valence-corrected chi connectivity index (χ2v) is 5.66. The first-order chi connectivity index (χ1) is 10.9. The molecule has 2 rings (SSSR count). The number of carbonyl (C=O) groups is 2. The van der Waals surface area contributed by atoms with Crippen LogP contribution in [0, 0.1) is 27.7 Å². The summed E-state index contributed by atoms with van der Waals surface area (Å²) in [4.78, 5) is 23.9. The van der Waals surface area contributed by atoms with E-state index in [1.165, 1.54) is 0 Å². The van der Waals surface area contributed by atoms with Crippen molar-refractivity contribution in [1.82, 2.24) is 15.1 Å². The van der Waals surface area contributed by atoms with Gasteiger partial charge in [-0.25, -0.2) is 0 Å². The van der Waals surface area contributed by atoms with Crippen molar-refractivity contribution in [2.24, 2.45) is 0 Å². The van der Waals surface area contributed by atoms with E-state index < -0.39 is 0 Å². The van der Waals surface area contributed by atoms with Crippen molar-refractivity contribution >= 4 is 17.5 Å². The smallest absolute Gasteiger partial charge is 0.243 e. The zero-order valence-electron chi connectivity index (χ0n) is 13.9. The van der Waals surface area contributed by atoms with E-state index >= 15 is 0 Å². The molecule has 0 fully saturated rings. The molecule has 0 unspecified atom stereocenters. The standard InChI is InChI=1S/C17H22N4O2/c1-11-6-5-7-15(14(11)4)19-16(22)9-18-17(23)10-21-13(3)8-12(2)20-21/h5-8H,9-10H2,1-4H3,(H,18,23)(H,19,22). The molecule has 1 heterocycles. The molecule has 0 saturated heterocycles. The number of nitrogens with one attached hydrogen (secondary N) is 2. The molecule has 0 aliphatic carbocycles. The normalized spacial score (nSPS) is 10.4. The van der Waals surface area contributed by atoms with Crippen LogP contribution in [0.4, 0.5) is 5.69 Å². The Bertz CT molecular complexity index is 734. The Morgan fingerprint density at radius 1 is 1.13 bits per heavy atom. The van der Waals surface area contributed by atoms with E-state index in [1.807, 2.05) is 52.0 Å². The lowest BCUT2D eigenvalue weighted by Crippen LogP contribution is -2.35. The van der Waals surface area contributed by atoms with Crippen LogP contribution in [0.15, 0.2) is 24.3 Å². The van der Waals surface area contributed by atoms with Gasteiger partial charge in [-0.2, -0.15) is 5.10 Å². The zero-order chi connectivity index (χ0) is 17.0. The molecule has 1 aromatic heterocycles. The van der Waals surface area contributed by atoms with Crippen LogP contribution in [0.2, 0.25) is 0 Å². The molecule has 0 atom stereocenters. The van der Waals surface area contributed by atoms with Gasteiger partial charge >= 0.3 is 0 Å². The van der Waals surface area contributed by atoms with Gasteiger partial charge < -0.3 is 10.6 Å². The number of carbonyl (C=O) groups excluding carboxylic acids is 2. The summed E-state index contributed by atoms with van der Waals surface area (Å²) in [6.07, 6.45) is 0. The lowest BCUT2D eigenvalue weighted by molar-refractivity contribution is -0.124. The molecule has 0 bridgehead atoms. The molecular formula is C17H22N4O2. The van der Waals surface area contributed by atoms with Crippen molar-refractivity contribution in [3.05, 3.63) is 46.8 Å². The van der Waals surface area contributed by atoms with E-state index in [2.05, 4.69) is 15.7 Å². The van der Waals surface area contributed by atoms with Gasteiger partial charge in [0.05, 0.1) is 12.2 Å². The Hall–Kier alpha value is -2.63. The Balaban J connectivity index is 1.85. The summed E-state index contributed by atoms with van der Waals surface area (Å²) in [5.41, 5.74) is 4.68. The van der Waals surface area contributed by atoms with E-state index in [0.717, 1.165) is 28.2 Å². The van der Waals surface area contributed by atoms with Crippen molar-refractivity contribution in [3.8, 4) is 0 Å². The molecule has 2 aromatic rings. The minimum atomic E-state index is -0.250. The highest BCUT2D eigenvalue weighted by Crippen LogP contribution is 2.17. The summed E-state index contributed by atoms with van der Waals surface area (Å²) in [5.74, 6) is -0.493. The number of hydrogen-bond donors (Lipinski definition) is 2. The van der Waals surface area contributed by atoms with Crippen LogP contribution in [0.3, 0.4) is 0 Å². The maximum absolute atomic E-state index is 12.0. The van der Waals surface area contributed by atoms with Gasteiger partial charge in [-0.1, -0.05) is 12.1 Å². The second-order valence-electron chi connectivity index (χ2n) is 5.66. The Morgan fingerprint density at radius 2 is 1.87 bits per heavy atom. The first-order valence-corrected chi connectivity index (χ1v) is 7.50. The number of aromatic nitrogens is 2. The maximum Gasteiger partial charge on any atom is 0.243 e. The first-order valence-electron chi connectivity index (χ1n) is 7.50. The van der Waals surface area contributed by atoms with E-state index in [4.69, 9.17) is 0 Å². The van der Waals surface area contributed by atoms with Crippen molar-refractivity contribution in [2.45, 2.75) is 34.2 Å². The highest BCUT2D eigenvalue weighted by molar-refractivity contribution is 5.95. The van der Waals surface area contributed by atoms with Crippen LogP contribution in [-0.2, 0) is 16.1 Å². The van der Waals surface area contributed by atoms with Crippen LogP contribution < -0.4 is 10.6 Å². The quantitative estimate of drug-likeness (QED) is 0.884. The highest BCUT2D eigenvalue weighted by Gasteiger charge is 2.10. The molecule has 0 aliphatic rings. The molecule has 2 N–H and O–H groups in total. The molecule has 6 nitrogen and oxygen atoms in total. The molecule has 1 aromatic carbocycles. The van der Waals surface area contributed by atoms with Gasteiger partial charge in [-0.3, -0.25) is 14.3 Å². The van der Waals surface area contributed by atoms with Gasteiger partial charge in [0.2, 0.25) is 11.8 Å². The SMILES string of the molecule is Cc1cc(C)n(CC(=O)NCC(=O)Nc2cccc(C)c2C)n1. The predicted octanol–water partition coefficient (Wildman–Crippen LogP) is 1.87. The third-order valence-corrected chi connectivity index (χ3v) is 3.72. The summed E-state index contributed by atoms with van der Waals surface area (Å²) < 4.78 is 1.62. The zero-order valence-corrected chi connectivity index (χ0v) is 13.9. The van der Waals surface area contributed by atoms with E-state index in [0.29, 0.717) is 0 Å². The highest BCUT2D eigenvalue weighted by atomic mass is 16.2. The Labute approximate surface area is 135 Å². The summed E-state index contributed by atoms with van der Waals surface area (Å²) in [6, 6.07) is 7.62. The van der Waals surface area contributed by atoms with Crippen molar-refractivity contribution in [2.75, 3.05) is 11.9 Å². The Morgan fingerprint density at radius 3 is 2.52 bits per heavy atom. The average molecular weight is 314 g/mol. The Kier molecular flexibility index (Phi) is 5.16. The number of aryl methyl sites for hydroxylation is 3. The number of amides is 2. The van der Waals surface area contributed by atoms with Gasteiger partial charge in [0, 0.05) is 11.4 Å². The van der Waals surface area contributed by atoms with Gasteiger partial charge in [-0.15, -0.1) is 0 Å². The number of benzene rings is 1. The van der Waals surface area contributed by atoms with Crippen LogP contribution in [-0.4, -0.2) is 28.1 Å². The number of anilines is 1. The molecule has 122 valence electrons. The van der Waals surface area contributed by atoms with Crippen LogP contribution in [0.5, 0.6) is 0 Å². The number of nitrogens with zero attached hydrogens (tertiary/aromatic N) is 2. The monoisotopic (exact) mass is 314 g/mol. The van der Waals surface area contributed by atoms with Gasteiger partial charge in [0.25, 0.3) is 0 Å². The summed E-state index contributed by atoms with van der Waals surface area (Å²) in [5, 5.41) is 9.64. The number of rotatable bonds is 5. The third-order valence-electron chi connectivity index (χ3n) is 3.72. The molecular weight excluding hydrogens is 292 g/mol. The molecule has 0 saturated carbocycles. The maximum atomic E-state index is 12.0. The fourth-order valence-corrected chi connectivity index (χ4v) is 2.29. The lowest BCUT2D eigenvalue weighted by Gasteiger charge is -2.11. The van der Waals surface area contributed by atoms with E-state index in [-0.39, 0.29) is 24.9 Å². The lowest BCUT2D eigenvalue weighted by atomic mass is 10.1. The van der Waals surface area contributed by atoms with E-state index in [9.17, 15) is 9.59 Å². The predicted molar refractivity (Wildman–Crippen MR) is 89.3 cm³/mol. The molecule has 6 heteroatoms. The number of hydrogen-bond acceptors (Lipinski definition) is 3.